The molecule has 0 spiro atoms. The van der Waals surface area contributed by atoms with Gasteiger partial charge in [0, 0.05) is 25.1 Å². The molecule has 3 aromatic heterocycles. The van der Waals surface area contributed by atoms with E-state index in [9.17, 15) is 0 Å². The van der Waals surface area contributed by atoms with Crippen LogP contribution in [0.15, 0.2) is 47.3 Å². The molecule has 176 valence electrons. The number of nitrogens with one attached hydrogen (secondary N) is 1. The summed E-state index contributed by atoms with van der Waals surface area (Å²) < 4.78 is 22.2. The number of furan rings is 1. The van der Waals surface area contributed by atoms with E-state index >= 15 is 0 Å². The maximum Gasteiger partial charge on any atom is 0.227 e. The highest BCUT2D eigenvalue weighted by Gasteiger charge is 2.31. The Labute approximate surface area is 197 Å². The molecule has 1 fully saturated rings. The van der Waals surface area contributed by atoms with Crippen molar-refractivity contribution in [1.29, 1.82) is 0 Å². The van der Waals surface area contributed by atoms with Gasteiger partial charge in [0.05, 0.1) is 25.7 Å². The minimum atomic E-state index is 0.390. The fourth-order valence-corrected chi connectivity index (χ4v) is 3.76. The molecule has 9 heteroatoms. The predicted octanol–water partition coefficient (Wildman–Crippen LogP) is 4.59. The van der Waals surface area contributed by atoms with E-state index in [-0.39, 0.29) is 0 Å². The average Bonchev–Trinajstić information content (AvgIpc) is 3.62. The van der Waals surface area contributed by atoms with Crippen LogP contribution in [0.3, 0.4) is 0 Å². The highest BCUT2D eigenvalue weighted by Crippen LogP contribution is 2.45. The number of ether oxygens (including phenoxy) is 3. The van der Waals surface area contributed by atoms with E-state index in [4.69, 9.17) is 28.6 Å². The van der Waals surface area contributed by atoms with E-state index in [0.717, 1.165) is 35.4 Å². The standard InChI is InChI=1S/C25H27N5O4/c1-3-32-12-13-33-18-8-4-16(5-9-18)14-26-24-22-19(10-11-34-22)29-23(30-24)20-21(17-6-7-17)27-15-28-25(20)31-2/h4-5,8-11,15,17H,3,6-7,12-14H2,1-2H3,(H,26,29,30). The summed E-state index contributed by atoms with van der Waals surface area (Å²) in [5.41, 5.74) is 4.06. The molecule has 9 nitrogen and oxygen atoms in total. The third-order valence-corrected chi connectivity index (χ3v) is 5.61. The molecule has 0 amide bonds. The van der Waals surface area contributed by atoms with Crippen LogP contribution in [0.25, 0.3) is 22.5 Å². The van der Waals surface area contributed by atoms with Gasteiger partial charge in [-0.2, -0.15) is 0 Å². The second kappa shape index (κ2) is 10.0. The lowest BCUT2D eigenvalue weighted by Gasteiger charge is -2.13. The minimum Gasteiger partial charge on any atom is -0.491 e. The summed E-state index contributed by atoms with van der Waals surface area (Å²) in [4.78, 5) is 18.3. The Hall–Kier alpha value is -3.72. The van der Waals surface area contributed by atoms with Gasteiger partial charge in [0.25, 0.3) is 0 Å². The van der Waals surface area contributed by atoms with Crippen LogP contribution >= 0.6 is 0 Å². The van der Waals surface area contributed by atoms with Crippen LogP contribution in [0.5, 0.6) is 11.6 Å². The molecule has 0 aliphatic heterocycles. The maximum absolute atomic E-state index is 5.69. The van der Waals surface area contributed by atoms with Crippen molar-refractivity contribution in [3.63, 3.8) is 0 Å². The SMILES string of the molecule is CCOCCOc1ccc(CNc2nc(-c3c(OC)ncnc3C3CC3)nc3ccoc23)cc1. The fraction of sp³-hybridized carbons (Fsp3) is 0.360. The first kappa shape index (κ1) is 22.1. The Morgan fingerprint density at radius 2 is 1.91 bits per heavy atom. The first-order chi connectivity index (χ1) is 16.8. The predicted molar refractivity (Wildman–Crippen MR) is 127 cm³/mol. The van der Waals surface area contributed by atoms with Crippen LogP contribution in [-0.2, 0) is 11.3 Å². The number of nitrogens with zero attached hydrogens (tertiary/aromatic N) is 4. The zero-order valence-corrected chi connectivity index (χ0v) is 19.3. The second-order valence-corrected chi connectivity index (χ2v) is 7.99. The Morgan fingerprint density at radius 3 is 2.68 bits per heavy atom. The van der Waals surface area contributed by atoms with Crippen molar-refractivity contribution in [1.82, 2.24) is 19.9 Å². The van der Waals surface area contributed by atoms with Crippen molar-refractivity contribution >= 4 is 16.9 Å². The molecule has 1 aliphatic carbocycles. The van der Waals surface area contributed by atoms with Gasteiger partial charge >= 0.3 is 0 Å². The summed E-state index contributed by atoms with van der Waals surface area (Å²) in [7, 11) is 1.60. The summed E-state index contributed by atoms with van der Waals surface area (Å²) >= 11 is 0. The monoisotopic (exact) mass is 461 g/mol. The molecule has 1 aliphatic rings. The molecule has 0 atom stereocenters. The third kappa shape index (κ3) is 4.79. The second-order valence-electron chi connectivity index (χ2n) is 7.99. The molecule has 4 aromatic rings. The van der Waals surface area contributed by atoms with Crippen molar-refractivity contribution in [2.75, 3.05) is 32.2 Å². The van der Waals surface area contributed by atoms with E-state index in [1.807, 2.05) is 37.3 Å². The van der Waals surface area contributed by atoms with Crippen molar-refractivity contribution in [2.24, 2.45) is 0 Å². The van der Waals surface area contributed by atoms with Gasteiger partial charge in [-0.15, -0.1) is 0 Å². The minimum absolute atomic E-state index is 0.390. The normalized spacial score (nSPS) is 13.2. The topological polar surface area (TPSA) is 104 Å². The van der Waals surface area contributed by atoms with E-state index in [1.54, 1.807) is 13.4 Å². The van der Waals surface area contributed by atoms with Crippen LogP contribution < -0.4 is 14.8 Å². The number of benzene rings is 1. The molecule has 34 heavy (non-hydrogen) atoms. The van der Waals surface area contributed by atoms with E-state index in [2.05, 4.69) is 15.3 Å². The Kier molecular flexibility index (Phi) is 6.53. The van der Waals surface area contributed by atoms with Gasteiger partial charge in [-0.3, -0.25) is 0 Å². The molecule has 0 radical (unpaired) electrons. The van der Waals surface area contributed by atoms with E-state index in [1.165, 1.54) is 6.33 Å². The molecule has 0 bridgehead atoms. The van der Waals surface area contributed by atoms with Crippen LogP contribution in [0.2, 0.25) is 0 Å². The van der Waals surface area contributed by atoms with Gasteiger partial charge in [0.1, 0.15) is 29.8 Å². The molecule has 0 unspecified atom stereocenters. The van der Waals surface area contributed by atoms with Gasteiger partial charge in [-0.25, -0.2) is 19.9 Å². The largest absolute Gasteiger partial charge is 0.491 e. The van der Waals surface area contributed by atoms with Gasteiger partial charge in [-0.05, 0) is 37.5 Å². The number of rotatable bonds is 11. The average molecular weight is 462 g/mol. The van der Waals surface area contributed by atoms with Gasteiger partial charge in [0.15, 0.2) is 17.2 Å². The molecule has 1 saturated carbocycles. The lowest BCUT2D eigenvalue weighted by atomic mass is 10.1. The summed E-state index contributed by atoms with van der Waals surface area (Å²) in [5, 5.41) is 3.39. The summed E-state index contributed by atoms with van der Waals surface area (Å²) in [5.74, 6) is 2.81. The summed E-state index contributed by atoms with van der Waals surface area (Å²) in [6, 6.07) is 9.76. The number of aromatic nitrogens is 4. The number of hydrogen-bond donors (Lipinski definition) is 1. The van der Waals surface area contributed by atoms with Gasteiger partial charge < -0.3 is 23.9 Å². The quantitative estimate of drug-likeness (QED) is 0.321. The molecule has 3 heterocycles. The van der Waals surface area contributed by atoms with Gasteiger partial charge in [-0.1, -0.05) is 12.1 Å². The van der Waals surface area contributed by atoms with Crippen molar-refractivity contribution in [2.45, 2.75) is 32.2 Å². The molecule has 5 rings (SSSR count). The highest BCUT2D eigenvalue weighted by atomic mass is 16.5. The molecular weight excluding hydrogens is 434 g/mol. The zero-order chi connectivity index (χ0) is 23.3. The smallest absolute Gasteiger partial charge is 0.227 e. The number of fused-ring (bicyclic) bond motifs is 1. The fourth-order valence-electron chi connectivity index (χ4n) is 3.76. The van der Waals surface area contributed by atoms with Crippen LogP contribution in [0.1, 0.15) is 36.9 Å². The molecule has 1 N–H and O–H groups in total. The Balaban J connectivity index is 1.38. The Bertz CT molecular complexity index is 1250. The lowest BCUT2D eigenvalue weighted by molar-refractivity contribution is 0.110. The lowest BCUT2D eigenvalue weighted by Crippen LogP contribution is -2.07. The van der Waals surface area contributed by atoms with Crippen molar-refractivity contribution in [3.8, 4) is 23.0 Å². The summed E-state index contributed by atoms with van der Waals surface area (Å²) in [6.45, 7) is 4.32. The van der Waals surface area contributed by atoms with Gasteiger partial charge in [0.2, 0.25) is 5.88 Å². The van der Waals surface area contributed by atoms with Crippen LogP contribution in [0, 0.1) is 0 Å². The van der Waals surface area contributed by atoms with E-state index < -0.39 is 0 Å². The summed E-state index contributed by atoms with van der Waals surface area (Å²) in [6.07, 6.45) is 5.34. The molecule has 0 saturated heterocycles. The third-order valence-electron chi connectivity index (χ3n) is 5.61. The van der Waals surface area contributed by atoms with Crippen molar-refractivity contribution < 1.29 is 18.6 Å². The zero-order valence-electron chi connectivity index (χ0n) is 19.3. The number of hydrogen-bond acceptors (Lipinski definition) is 9. The van der Waals surface area contributed by atoms with Crippen molar-refractivity contribution in [3.05, 3.63) is 54.2 Å². The first-order valence-corrected chi connectivity index (χ1v) is 11.4. The van der Waals surface area contributed by atoms with E-state index in [0.29, 0.717) is 60.9 Å². The van der Waals surface area contributed by atoms with Crippen LogP contribution in [-0.4, -0.2) is 46.9 Å². The Morgan fingerprint density at radius 1 is 1.06 bits per heavy atom. The number of methoxy groups -OCH3 is 1. The first-order valence-electron chi connectivity index (χ1n) is 11.4. The maximum atomic E-state index is 5.69. The molecular formula is C25H27N5O4. The number of anilines is 1. The highest BCUT2D eigenvalue weighted by molar-refractivity contribution is 5.86. The molecule has 1 aromatic carbocycles. The van der Waals surface area contributed by atoms with Crippen LogP contribution in [0.4, 0.5) is 5.82 Å².